The molecule has 1 atom stereocenters. The van der Waals surface area contributed by atoms with E-state index in [-0.39, 0.29) is 19.0 Å². The van der Waals surface area contributed by atoms with E-state index < -0.39 is 12.0 Å². The van der Waals surface area contributed by atoms with E-state index in [9.17, 15) is 14.7 Å². The quantitative estimate of drug-likeness (QED) is 0.903. The van der Waals surface area contributed by atoms with Crippen LogP contribution in [0.15, 0.2) is 18.2 Å². The van der Waals surface area contributed by atoms with Crippen molar-refractivity contribution in [1.82, 2.24) is 19.7 Å². The minimum atomic E-state index is -1.03. The van der Waals surface area contributed by atoms with Crippen LogP contribution in [0.3, 0.4) is 0 Å². The number of amides is 1. The van der Waals surface area contributed by atoms with Gasteiger partial charge in [0.25, 0.3) is 5.91 Å². The number of hydrogen-bond acceptors (Lipinski definition) is 4. The van der Waals surface area contributed by atoms with Crippen LogP contribution in [0.25, 0.3) is 0 Å². The summed E-state index contributed by atoms with van der Waals surface area (Å²) in [6.07, 6.45) is 0. The van der Waals surface area contributed by atoms with Gasteiger partial charge in [-0.05, 0) is 38.0 Å². The SMILES string of the molecule is Cc1cccc(C(=O)N2Cc3nnc(C)n3CC2C(=O)O)c1C. The Morgan fingerprint density at radius 1 is 1.22 bits per heavy atom. The standard InChI is InChI=1S/C16H18N4O3/c1-9-5-4-6-12(10(9)2)15(21)20-8-14-18-17-11(3)19(14)7-13(20)16(22)23/h4-6,13H,7-8H2,1-3H3,(H,22,23). The van der Waals surface area contributed by atoms with Crippen LogP contribution in [0.2, 0.25) is 0 Å². The van der Waals surface area contributed by atoms with Gasteiger partial charge in [-0.2, -0.15) is 0 Å². The number of aryl methyl sites for hydroxylation is 2. The molecule has 0 saturated carbocycles. The minimum Gasteiger partial charge on any atom is -0.480 e. The highest BCUT2D eigenvalue weighted by atomic mass is 16.4. The third-order valence-electron chi connectivity index (χ3n) is 4.44. The van der Waals surface area contributed by atoms with E-state index in [1.54, 1.807) is 17.6 Å². The smallest absolute Gasteiger partial charge is 0.328 e. The molecule has 0 spiro atoms. The third kappa shape index (κ3) is 2.48. The van der Waals surface area contributed by atoms with Crippen molar-refractivity contribution in [3.05, 3.63) is 46.5 Å². The second-order valence-corrected chi connectivity index (χ2v) is 5.81. The van der Waals surface area contributed by atoms with Crippen molar-refractivity contribution in [2.75, 3.05) is 0 Å². The minimum absolute atomic E-state index is 0.143. The molecule has 1 aromatic carbocycles. The van der Waals surface area contributed by atoms with Crippen LogP contribution in [0.4, 0.5) is 0 Å². The molecule has 0 saturated heterocycles. The summed E-state index contributed by atoms with van der Waals surface area (Å²) in [7, 11) is 0. The predicted molar refractivity (Wildman–Crippen MR) is 82.0 cm³/mol. The molecule has 1 N–H and O–H groups in total. The molecule has 7 nitrogen and oxygen atoms in total. The van der Waals surface area contributed by atoms with Gasteiger partial charge in [0.15, 0.2) is 5.82 Å². The van der Waals surface area contributed by atoms with Gasteiger partial charge in [0.2, 0.25) is 0 Å². The fourth-order valence-corrected chi connectivity index (χ4v) is 2.88. The molecule has 23 heavy (non-hydrogen) atoms. The van der Waals surface area contributed by atoms with E-state index in [0.29, 0.717) is 17.2 Å². The predicted octanol–water partition coefficient (Wildman–Crippen LogP) is 1.31. The highest BCUT2D eigenvalue weighted by molar-refractivity contribution is 5.98. The Morgan fingerprint density at radius 3 is 2.65 bits per heavy atom. The third-order valence-corrected chi connectivity index (χ3v) is 4.44. The summed E-state index contributed by atoms with van der Waals surface area (Å²) in [4.78, 5) is 25.9. The Morgan fingerprint density at radius 2 is 1.96 bits per heavy atom. The number of nitrogens with zero attached hydrogens (tertiary/aromatic N) is 4. The zero-order valence-electron chi connectivity index (χ0n) is 13.3. The summed E-state index contributed by atoms with van der Waals surface area (Å²) in [6.45, 7) is 5.88. The summed E-state index contributed by atoms with van der Waals surface area (Å²) < 4.78 is 1.76. The van der Waals surface area contributed by atoms with E-state index in [0.717, 1.165) is 11.1 Å². The zero-order valence-corrected chi connectivity index (χ0v) is 13.3. The Bertz CT molecular complexity index is 797. The topological polar surface area (TPSA) is 88.3 Å². The van der Waals surface area contributed by atoms with Gasteiger partial charge in [-0.3, -0.25) is 4.79 Å². The Balaban J connectivity index is 2.01. The molecule has 1 amide bonds. The van der Waals surface area contributed by atoms with Crippen LogP contribution in [0, 0.1) is 20.8 Å². The lowest BCUT2D eigenvalue weighted by Gasteiger charge is -2.34. The summed E-state index contributed by atoms with van der Waals surface area (Å²) in [5, 5.41) is 17.5. The van der Waals surface area contributed by atoms with E-state index in [4.69, 9.17) is 0 Å². The first-order valence-corrected chi connectivity index (χ1v) is 7.39. The van der Waals surface area contributed by atoms with Crippen molar-refractivity contribution in [2.24, 2.45) is 0 Å². The maximum atomic E-state index is 12.9. The highest BCUT2D eigenvalue weighted by Gasteiger charge is 2.37. The maximum absolute atomic E-state index is 12.9. The van der Waals surface area contributed by atoms with Crippen molar-refractivity contribution in [2.45, 2.75) is 39.9 Å². The lowest BCUT2D eigenvalue weighted by atomic mass is 10.0. The van der Waals surface area contributed by atoms with E-state index in [2.05, 4.69) is 10.2 Å². The Hall–Kier alpha value is -2.70. The molecule has 1 aliphatic rings. The molecule has 1 aromatic heterocycles. The molecule has 0 aliphatic carbocycles. The normalized spacial score (nSPS) is 17.0. The highest BCUT2D eigenvalue weighted by Crippen LogP contribution is 2.22. The van der Waals surface area contributed by atoms with Gasteiger partial charge >= 0.3 is 5.97 Å². The van der Waals surface area contributed by atoms with Crippen molar-refractivity contribution < 1.29 is 14.7 Å². The van der Waals surface area contributed by atoms with Crippen LogP contribution in [-0.2, 0) is 17.9 Å². The number of aromatic nitrogens is 3. The second kappa shape index (κ2) is 5.49. The van der Waals surface area contributed by atoms with Crippen LogP contribution >= 0.6 is 0 Å². The molecule has 0 fully saturated rings. The number of aliphatic carboxylic acids is 1. The van der Waals surface area contributed by atoms with E-state index in [1.807, 2.05) is 26.0 Å². The number of carboxylic acid groups (broad SMARTS) is 1. The first-order valence-electron chi connectivity index (χ1n) is 7.39. The van der Waals surface area contributed by atoms with Crippen LogP contribution in [0.5, 0.6) is 0 Å². The van der Waals surface area contributed by atoms with Crippen LogP contribution < -0.4 is 0 Å². The maximum Gasteiger partial charge on any atom is 0.328 e. The number of carboxylic acids is 1. The molecule has 2 aromatic rings. The van der Waals surface area contributed by atoms with E-state index in [1.165, 1.54) is 4.90 Å². The second-order valence-electron chi connectivity index (χ2n) is 5.81. The van der Waals surface area contributed by atoms with E-state index >= 15 is 0 Å². The van der Waals surface area contributed by atoms with Gasteiger partial charge < -0.3 is 14.6 Å². The van der Waals surface area contributed by atoms with Gasteiger partial charge in [-0.15, -0.1) is 10.2 Å². The summed E-state index contributed by atoms with van der Waals surface area (Å²) in [6, 6.07) is 4.54. The van der Waals surface area contributed by atoms with Gasteiger partial charge in [-0.1, -0.05) is 12.1 Å². The Labute approximate surface area is 133 Å². The number of benzene rings is 1. The molecule has 3 rings (SSSR count). The fourth-order valence-electron chi connectivity index (χ4n) is 2.88. The van der Waals surface area contributed by atoms with Crippen LogP contribution in [-0.4, -0.2) is 42.7 Å². The average Bonchev–Trinajstić information content (AvgIpc) is 2.89. The summed E-state index contributed by atoms with van der Waals surface area (Å²) in [5.41, 5.74) is 2.39. The summed E-state index contributed by atoms with van der Waals surface area (Å²) in [5.74, 6) is -0.0448. The molecule has 7 heteroatoms. The first kappa shape index (κ1) is 15.2. The first-order chi connectivity index (χ1) is 10.9. The molecular formula is C16H18N4O3. The van der Waals surface area contributed by atoms with Crippen molar-refractivity contribution in [1.29, 1.82) is 0 Å². The number of carbonyl (C=O) groups excluding carboxylic acids is 1. The van der Waals surface area contributed by atoms with Crippen molar-refractivity contribution >= 4 is 11.9 Å². The fraction of sp³-hybridized carbons (Fsp3) is 0.375. The lowest BCUT2D eigenvalue weighted by molar-refractivity contribution is -0.143. The number of rotatable bonds is 2. The molecule has 0 bridgehead atoms. The molecule has 1 aliphatic heterocycles. The zero-order chi connectivity index (χ0) is 16.7. The van der Waals surface area contributed by atoms with Gasteiger partial charge in [0.05, 0.1) is 13.1 Å². The number of carbonyl (C=O) groups is 2. The number of hydrogen-bond donors (Lipinski definition) is 1. The molecule has 0 radical (unpaired) electrons. The monoisotopic (exact) mass is 314 g/mol. The van der Waals surface area contributed by atoms with Gasteiger partial charge in [-0.25, -0.2) is 4.79 Å². The molecular weight excluding hydrogens is 296 g/mol. The van der Waals surface area contributed by atoms with Crippen molar-refractivity contribution in [3.63, 3.8) is 0 Å². The van der Waals surface area contributed by atoms with Crippen LogP contribution in [0.1, 0.15) is 33.1 Å². The number of fused-ring (bicyclic) bond motifs is 1. The largest absolute Gasteiger partial charge is 0.480 e. The lowest BCUT2D eigenvalue weighted by Crippen LogP contribution is -2.50. The molecule has 1 unspecified atom stereocenters. The summed E-state index contributed by atoms with van der Waals surface area (Å²) >= 11 is 0. The average molecular weight is 314 g/mol. The van der Waals surface area contributed by atoms with Crippen molar-refractivity contribution in [3.8, 4) is 0 Å². The Kier molecular flexibility index (Phi) is 3.63. The van der Waals surface area contributed by atoms with Gasteiger partial charge in [0.1, 0.15) is 11.9 Å². The molecule has 120 valence electrons. The van der Waals surface area contributed by atoms with Gasteiger partial charge in [0, 0.05) is 5.56 Å². The molecule has 2 heterocycles.